The van der Waals surface area contributed by atoms with E-state index in [9.17, 15) is 18.5 Å². The van der Waals surface area contributed by atoms with Gasteiger partial charge < -0.3 is 14.8 Å². The van der Waals surface area contributed by atoms with Crippen LogP contribution in [-0.4, -0.2) is 20.1 Å². The zero-order chi connectivity index (χ0) is 25.0. The number of anilines is 2. The van der Waals surface area contributed by atoms with Crippen LogP contribution in [0.2, 0.25) is 0 Å². The van der Waals surface area contributed by atoms with Crippen molar-refractivity contribution in [2.75, 3.05) is 16.8 Å². The number of hydrogen-bond acceptors (Lipinski definition) is 7. The Labute approximate surface area is 215 Å². The van der Waals surface area contributed by atoms with E-state index in [1.807, 2.05) is 12.1 Å². The summed E-state index contributed by atoms with van der Waals surface area (Å²) in [6, 6.07) is 14.3. The first kappa shape index (κ1) is 22.9. The van der Waals surface area contributed by atoms with E-state index >= 15 is 0 Å². The molecule has 1 aliphatic carbocycles. The van der Waals surface area contributed by atoms with Crippen molar-refractivity contribution in [3.05, 3.63) is 92.5 Å². The summed E-state index contributed by atoms with van der Waals surface area (Å²) in [5.41, 5.74) is 2.74. The summed E-state index contributed by atoms with van der Waals surface area (Å²) in [5.74, 6) is 1.61. The lowest BCUT2D eigenvalue weighted by atomic mass is 9.77. The highest BCUT2D eigenvalue weighted by molar-refractivity contribution is 9.10. The number of allylic oxidation sites excluding steroid dienone is 2. The summed E-state index contributed by atoms with van der Waals surface area (Å²) in [5, 5.41) is 14.7. The average Bonchev–Trinajstić information content (AvgIpc) is 3.52. The van der Waals surface area contributed by atoms with Crippen LogP contribution >= 0.6 is 15.9 Å². The molecular weight excluding hydrogens is 550 g/mol. The number of hydrogen-bond donors (Lipinski definition) is 2. The number of rotatable bonds is 5. The molecule has 6 rings (SSSR count). The van der Waals surface area contributed by atoms with E-state index in [0.29, 0.717) is 11.5 Å². The number of halogens is 1. The molecule has 3 aromatic rings. The van der Waals surface area contributed by atoms with Gasteiger partial charge in [-0.1, -0.05) is 34.1 Å². The van der Waals surface area contributed by atoms with Crippen molar-refractivity contribution in [3.8, 4) is 11.5 Å². The van der Waals surface area contributed by atoms with Crippen LogP contribution in [0.4, 0.5) is 17.1 Å². The maximum atomic E-state index is 13.1. The number of sulfonamides is 1. The number of nitrogens with one attached hydrogen (secondary N) is 2. The molecule has 11 heteroatoms. The molecule has 0 amide bonds. The molecule has 0 spiro atoms. The molecule has 0 saturated heterocycles. The van der Waals surface area contributed by atoms with Crippen molar-refractivity contribution in [3.63, 3.8) is 0 Å². The fraction of sp³-hybridized carbons (Fsp3) is 0.200. The number of nitrogens with zero attached hydrogens (tertiary/aromatic N) is 1. The Bertz CT molecular complexity index is 1540. The lowest BCUT2D eigenvalue weighted by Gasteiger charge is -2.38. The first-order chi connectivity index (χ1) is 17.3. The van der Waals surface area contributed by atoms with E-state index in [0.717, 1.165) is 27.7 Å². The molecule has 184 valence electrons. The second kappa shape index (κ2) is 8.52. The first-order valence-corrected chi connectivity index (χ1v) is 13.5. The van der Waals surface area contributed by atoms with Gasteiger partial charge >= 0.3 is 0 Å². The molecule has 3 aliphatic rings. The number of ether oxygens (including phenoxy) is 2. The van der Waals surface area contributed by atoms with Gasteiger partial charge in [-0.2, -0.15) is 0 Å². The number of nitro groups is 1. The standard InChI is InChI=1S/C25H20BrN3O6S/c26-21-12-24-23(34-13-35-24)11-20(21)25-18-6-2-5-17(18)19-10-16(7-8-22(19)27-25)36(32,33)28-14-3-1-4-15(9-14)29(30)31/h1-5,7-12,17-18,25,27-28H,6,13H2/t17-,18+,25-/m0/s1. The summed E-state index contributed by atoms with van der Waals surface area (Å²) in [6.45, 7) is 0.196. The Morgan fingerprint density at radius 3 is 2.67 bits per heavy atom. The second-order valence-corrected chi connectivity index (χ2v) is 11.4. The molecule has 2 heterocycles. The SMILES string of the molecule is O=[N+]([O-])c1cccc(NS(=O)(=O)c2ccc3c(c2)[C@H]2C=CC[C@H]2[C@@H](c2cc4c(cc2Br)OCO4)N3)c1. The van der Waals surface area contributed by atoms with Crippen molar-refractivity contribution >= 4 is 43.0 Å². The van der Waals surface area contributed by atoms with Gasteiger partial charge in [-0.15, -0.1) is 0 Å². The molecule has 3 atom stereocenters. The maximum Gasteiger partial charge on any atom is 0.271 e. The van der Waals surface area contributed by atoms with Crippen molar-refractivity contribution < 1.29 is 22.8 Å². The average molecular weight is 570 g/mol. The molecule has 0 bridgehead atoms. The van der Waals surface area contributed by atoms with Gasteiger partial charge in [-0.05, 0) is 59.9 Å². The fourth-order valence-corrected chi connectivity index (χ4v) is 6.77. The Balaban J connectivity index is 1.33. The van der Waals surface area contributed by atoms with E-state index < -0.39 is 14.9 Å². The minimum Gasteiger partial charge on any atom is -0.454 e. The third-order valence-corrected chi connectivity index (χ3v) is 8.85. The lowest BCUT2D eigenvalue weighted by Crippen LogP contribution is -2.29. The van der Waals surface area contributed by atoms with Crippen molar-refractivity contribution in [1.82, 2.24) is 0 Å². The van der Waals surface area contributed by atoms with Gasteiger partial charge in [0, 0.05) is 28.2 Å². The van der Waals surface area contributed by atoms with Gasteiger partial charge in [0.1, 0.15) is 0 Å². The highest BCUT2D eigenvalue weighted by Crippen LogP contribution is 2.52. The minimum absolute atomic E-state index is 0.0215. The monoisotopic (exact) mass is 569 g/mol. The Morgan fingerprint density at radius 1 is 1.06 bits per heavy atom. The molecule has 0 unspecified atom stereocenters. The summed E-state index contributed by atoms with van der Waals surface area (Å²) in [4.78, 5) is 10.6. The van der Waals surface area contributed by atoms with Crippen LogP contribution in [0.25, 0.3) is 0 Å². The molecule has 2 aliphatic heterocycles. The summed E-state index contributed by atoms with van der Waals surface area (Å²) in [6.07, 6.45) is 5.09. The smallest absolute Gasteiger partial charge is 0.271 e. The molecule has 9 nitrogen and oxygen atoms in total. The predicted octanol–water partition coefficient (Wildman–Crippen LogP) is 5.71. The van der Waals surface area contributed by atoms with Crippen LogP contribution in [-0.2, 0) is 10.0 Å². The molecule has 0 fully saturated rings. The largest absolute Gasteiger partial charge is 0.454 e. The summed E-state index contributed by atoms with van der Waals surface area (Å²) < 4.78 is 40.8. The lowest BCUT2D eigenvalue weighted by molar-refractivity contribution is -0.384. The van der Waals surface area contributed by atoms with Crippen LogP contribution in [0.15, 0.2) is 76.1 Å². The van der Waals surface area contributed by atoms with E-state index in [-0.39, 0.29) is 40.9 Å². The second-order valence-electron chi connectivity index (χ2n) is 8.86. The Hall–Kier alpha value is -3.57. The Morgan fingerprint density at radius 2 is 1.86 bits per heavy atom. The fourth-order valence-electron chi connectivity index (χ4n) is 5.12. The number of benzene rings is 3. The summed E-state index contributed by atoms with van der Waals surface area (Å²) in [7, 11) is -3.96. The van der Waals surface area contributed by atoms with Crippen molar-refractivity contribution in [2.24, 2.45) is 5.92 Å². The zero-order valence-electron chi connectivity index (χ0n) is 18.7. The Kier molecular flexibility index (Phi) is 5.41. The van der Waals surface area contributed by atoms with E-state index in [1.165, 1.54) is 30.3 Å². The van der Waals surface area contributed by atoms with Gasteiger partial charge in [0.2, 0.25) is 6.79 Å². The topological polar surface area (TPSA) is 120 Å². The van der Waals surface area contributed by atoms with Crippen LogP contribution in [0.1, 0.15) is 29.5 Å². The van der Waals surface area contributed by atoms with Gasteiger partial charge in [0.05, 0.1) is 21.5 Å². The number of non-ortho nitro benzene ring substituents is 1. The number of fused-ring (bicyclic) bond motifs is 4. The van der Waals surface area contributed by atoms with Crippen LogP contribution in [0.5, 0.6) is 11.5 Å². The molecular formula is C25H20BrN3O6S. The van der Waals surface area contributed by atoms with Gasteiger partial charge in [-0.25, -0.2) is 8.42 Å². The third kappa shape index (κ3) is 3.88. The first-order valence-electron chi connectivity index (χ1n) is 11.2. The minimum atomic E-state index is -3.96. The quantitative estimate of drug-likeness (QED) is 0.229. The third-order valence-electron chi connectivity index (χ3n) is 6.78. The molecule has 0 radical (unpaired) electrons. The molecule has 0 aromatic heterocycles. The highest BCUT2D eigenvalue weighted by atomic mass is 79.9. The van der Waals surface area contributed by atoms with Crippen molar-refractivity contribution in [2.45, 2.75) is 23.3 Å². The molecule has 2 N–H and O–H groups in total. The van der Waals surface area contributed by atoms with Gasteiger partial charge in [0.25, 0.3) is 15.7 Å². The molecule has 3 aromatic carbocycles. The predicted molar refractivity (Wildman–Crippen MR) is 137 cm³/mol. The van der Waals surface area contributed by atoms with Crippen LogP contribution in [0.3, 0.4) is 0 Å². The highest BCUT2D eigenvalue weighted by Gasteiger charge is 2.39. The normalized spacial score (nSPS) is 21.4. The van der Waals surface area contributed by atoms with Gasteiger partial charge in [-0.3, -0.25) is 14.8 Å². The molecule has 36 heavy (non-hydrogen) atoms. The van der Waals surface area contributed by atoms with E-state index in [1.54, 1.807) is 12.1 Å². The zero-order valence-corrected chi connectivity index (χ0v) is 21.1. The maximum absolute atomic E-state index is 13.1. The summed E-state index contributed by atoms with van der Waals surface area (Å²) >= 11 is 3.68. The van der Waals surface area contributed by atoms with Crippen molar-refractivity contribution in [1.29, 1.82) is 0 Å². The van der Waals surface area contributed by atoms with Crippen LogP contribution < -0.4 is 19.5 Å². The van der Waals surface area contributed by atoms with E-state index in [2.05, 4.69) is 38.1 Å². The van der Waals surface area contributed by atoms with Gasteiger partial charge in [0.15, 0.2) is 11.5 Å². The van der Waals surface area contributed by atoms with E-state index in [4.69, 9.17) is 9.47 Å². The molecule has 0 saturated carbocycles. The van der Waals surface area contributed by atoms with Crippen LogP contribution in [0, 0.1) is 16.0 Å². The number of nitro benzene ring substituents is 1.